The van der Waals surface area contributed by atoms with Gasteiger partial charge in [-0.3, -0.25) is 9.47 Å². The number of hydrogen-bond acceptors (Lipinski definition) is 4. The Morgan fingerprint density at radius 3 is 2.42 bits per heavy atom. The largest absolute Gasteiger partial charge is 0.325 e. The molecule has 124 valence electrons. The molecule has 0 aliphatic heterocycles. The number of amides is 1. The van der Waals surface area contributed by atoms with Crippen molar-refractivity contribution in [3.05, 3.63) is 59.7 Å². The SMILES string of the molecule is Cc1cccc(C)c1NC(=O)CSc1nnc(C)n1-n1cccc1. The lowest BCUT2D eigenvalue weighted by Crippen LogP contribution is -2.17. The van der Waals surface area contributed by atoms with E-state index < -0.39 is 0 Å². The Morgan fingerprint density at radius 2 is 1.75 bits per heavy atom. The van der Waals surface area contributed by atoms with E-state index in [1.54, 1.807) is 0 Å². The van der Waals surface area contributed by atoms with Crippen molar-refractivity contribution in [3.63, 3.8) is 0 Å². The number of thioether (sulfide) groups is 1. The van der Waals surface area contributed by atoms with Gasteiger partial charge in [0.05, 0.1) is 5.75 Å². The highest BCUT2D eigenvalue weighted by Crippen LogP contribution is 2.21. The molecule has 0 aliphatic rings. The summed E-state index contributed by atoms with van der Waals surface area (Å²) in [5.41, 5.74) is 2.99. The Morgan fingerprint density at radius 1 is 1.08 bits per heavy atom. The van der Waals surface area contributed by atoms with Gasteiger partial charge < -0.3 is 5.32 Å². The second kappa shape index (κ2) is 6.92. The molecular formula is C17H19N5OS. The van der Waals surface area contributed by atoms with Gasteiger partial charge in [-0.2, -0.15) is 0 Å². The van der Waals surface area contributed by atoms with Gasteiger partial charge in [-0.15, -0.1) is 10.2 Å². The van der Waals surface area contributed by atoms with Crippen LogP contribution in [0.2, 0.25) is 0 Å². The fourth-order valence-electron chi connectivity index (χ4n) is 2.47. The van der Waals surface area contributed by atoms with Crippen LogP contribution in [0.3, 0.4) is 0 Å². The first-order chi connectivity index (χ1) is 11.6. The van der Waals surface area contributed by atoms with E-state index in [0.717, 1.165) is 22.6 Å². The van der Waals surface area contributed by atoms with Crippen molar-refractivity contribution in [3.8, 4) is 0 Å². The maximum absolute atomic E-state index is 12.3. The minimum atomic E-state index is -0.0582. The predicted molar refractivity (Wildman–Crippen MR) is 95.3 cm³/mol. The number of para-hydroxylation sites is 1. The van der Waals surface area contributed by atoms with Gasteiger partial charge in [0.2, 0.25) is 11.1 Å². The average molecular weight is 341 g/mol. The second-order valence-electron chi connectivity index (χ2n) is 5.51. The van der Waals surface area contributed by atoms with Crippen LogP contribution in [0.4, 0.5) is 5.69 Å². The van der Waals surface area contributed by atoms with Crippen LogP contribution < -0.4 is 5.32 Å². The number of aryl methyl sites for hydroxylation is 3. The van der Waals surface area contributed by atoms with Crippen LogP contribution in [-0.2, 0) is 4.79 Å². The highest BCUT2D eigenvalue weighted by molar-refractivity contribution is 7.99. The molecule has 0 aliphatic carbocycles. The summed E-state index contributed by atoms with van der Waals surface area (Å²) < 4.78 is 3.76. The van der Waals surface area contributed by atoms with E-state index in [9.17, 15) is 4.79 Å². The number of benzene rings is 1. The van der Waals surface area contributed by atoms with Crippen LogP contribution in [-0.4, -0.2) is 31.2 Å². The van der Waals surface area contributed by atoms with Gasteiger partial charge in [-0.1, -0.05) is 30.0 Å². The van der Waals surface area contributed by atoms with E-state index in [1.165, 1.54) is 11.8 Å². The fraction of sp³-hybridized carbons (Fsp3) is 0.235. The summed E-state index contributed by atoms with van der Waals surface area (Å²) in [6.07, 6.45) is 3.83. The summed E-state index contributed by atoms with van der Waals surface area (Å²) in [6, 6.07) is 9.82. The maximum Gasteiger partial charge on any atom is 0.234 e. The molecule has 0 bridgehead atoms. The predicted octanol–water partition coefficient (Wildman–Crippen LogP) is 3.05. The molecule has 3 aromatic rings. The van der Waals surface area contributed by atoms with Gasteiger partial charge >= 0.3 is 0 Å². The molecule has 24 heavy (non-hydrogen) atoms. The molecule has 7 heteroatoms. The lowest BCUT2D eigenvalue weighted by molar-refractivity contribution is -0.113. The molecule has 3 rings (SSSR count). The number of nitrogens with zero attached hydrogens (tertiary/aromatic N) is 4. The molecule has 1 aromatic carbocycles. The fourth-order valence-corrected chi connectivity index (χ4v) is 3.25. The number of nitrogens with one attached hydrogen (secondary N) is 1. The number of carbonyl (C=O) groups is 1. The van der Waals surface area contributed by atoms with E-state index in [4.69, 9.17) is 0 Å². The molecule has 0 atom stereocenters. The standard InChI is InChI=1S/C17H19N5OS/c1-12-7-6-8-13(2)16(12)18-15(23)11-24-17-20-19-14(3)22(17)21-9-4-5-10-21/h4-10H,11H2,1-3H3,(H,18,23). The monoisotopic (exact) mass is 341 g/mol. The second-order valence-corrected chi connectivity index (χ2v) is 6.45. The van der Waals surface area contributed by atoms with Crippen molar-refractivity contribution in [1.29, 1.82) is 0 Å². The van der Waals surface area contributed by atoms with Crippen LogP contribution in [0.1, 0.15) is 17.0 Å². The smallest absolute Gasteiger partial charge is 0.234 e. The number of hydrogen-bond donors (Lipinski definition) is 1. The zero-order valence-electron chi connectivity index (χ0n) is 13.9. The Balaban J connectivity index is 1.70. The molecule has 1 N–H and O–H groups in total. The molecule has 0 spiro atoms. The molecule has 6 nitrogen and oxygen atoms in total. The number of carbonyl (C=O) groups excluding carboxylic acids is 1. The van der Waals surface area contributed by atoms with Crippen molar-refractivity contribution in [1.82, 2.24) is 19.5 Å². The van der Waals surface area contributed by atoms with Crippen LogP contribution in [0, 0.1) is 20.8 Å². The van der Waals surface area contributed by atoms with Gasteiger partial charge in [-0.05, 0) is 44.0 Å². The summed E-state index contributed by atoms with van der Waals surface area (Å²) in [4.78, 5) is 12.3. The Labute approximate surface area is 144 Å². The summed E-state index contributed by atoms with van der Waals surface area (Å²) in [5.74, 6) is 0.980. The van der Waals surface area contributed by atoms with E-state index >= 15 is 0 Å². The van der Waals surface area contributed by atoms with E-state index in [2.05, 4.69) is 15.5 Å². The maximum atomic E-state index is 12.3. The van der Waals surface area contributed by atoms with Crippen LogP contribution in [0.15, 0.2) is 47.9 Å². The molecule has 0 unspecified atom stereocenters. The van der Waals surface area contributed by atoms with Crippen molar-refractivity contribution in [2.45, 2.75) is 25.9 Å². The average Bonchev–Trinajstić information content (AvgIpc) is 3.18. The molecule has 0 saturated heterocycles. The van der Waals surface area contributed by atoms with Crippen LogP contribution in [0.25, 0.3) is 0 Å². The first-order valence-corrected chi connectivity index (χ1v) is 8.59. The van der Waals surface area contributed by atoms with Crippen molar-refractivity contribution < 1.29 is 4.79 Å². The number of anilines is 1. The van der Waals surface area contributed by atoms with Gasteiger partial charge in [-0.25, -0.2) is 4.68 Å². The lowest BCUT2D eigenvalue weighted by Gasteiger charge is -2.12. The van der Waals surface area contributed by atoms with Gasteiger partial charge in [0, 0.05) is 18.1 Å². The van der Waals surface area contributed by atoms with Crippen LogP contribution >= 0.6 is 11.8 Å². The third-order valence-electron chi connectivity index (χ3n) is 3.67. The quantitative estimate of drug-likeness (QED) is 0.725. The van der Waals surface area contributed by atoms with Crippen molar-refractivity contribution in [2.75, 3.05) is 11.1 Å². The van der Waals surface area contributed by atoms with Crippen molar-refractivity contribution >= 4 is 23.4 Å². The van der Waals surface area contributed by atoms with Gasteiger partial charge in [0.15, 0.2) is 5.82 Å². The lowest BCUT2D eigenvalue weighted by atomic mass is 10.1. The molecule has 2 heterocycles. The molecule has 0 saturated carbocycles. The zero-order valence-corrected chi connectivity index (χ0v) is 14.7. The number of aromatic nitrogens is 4. The zero-order chi connectivity index (χ0) is 17.1. The van der Waals surface area contributed by atoms with E-state index in [-0.39, 0.29) is 11.7 Å². The Bertz CT molecular complexity index is 834. The summed E-state index contributed by atoms with van der Waals surface area (Å²) in [5, 5.41) is 11.9. The molecule has 1 amide bonds. The molecule has 2 aromatic heterocycles. The topological polar surface area (TPSA) is 64.7 Å². The van der Waals surface area contributed by atoms with E-state index in [0.29, 0.717) is 5.16 Å². The van der Waals surface area contributed by atoms with Gasteiger partial charge in [0.1, 0.15) is 0 Å². The molecule has 0 radical (unpaired) electrons. The summed E-state index contributed by atoms with van der Waals surface area (Å²) >= 11 is 1.36. The van der Waals surface area contributed by atoms with E-state index in [1.807, 2.05) is 72.8 Å². The summed E-state index contributed by atoms with van der Waals surface area (Å²) in [6.45, 7) is 5.86. The third-order valence-corrected chi connectivity index (χ3v) is 4.58. The van der Waals surface area contributed by atoms with Crippen LogP contribution in [0.5, 0.6) is 0 Å². The minimum absolute atomic E-state index is 0.0582. The first kappa shape index (κ1) is 16.3. The highest BCUT2D eigenvalue weighted by Gasteiger charge is 2.14. The minimum Gasteiger partial charge on any atom is -0.325 e. The Kier molecular flexibility index (Phi) is 4.71. The number of rotatable bonds is 5. The normalized spacial score (nSPS) is 10.8. The molecular weight excluding hydrogens is 322 g/mol. The third kappa shape index (κ3) is 3.35. The van der Waals surface area contributed by atoms with Crippen molar-refractivity contribution in [2.24, 2.45) is 0 Å². The Hall–Kier alpha value is -2.54. The summed E-state index contributed by atoms with van der Waals surface area (Å²) in [7, 11) is 0. The highest BCUT2D eigenvalue weighted by atomic mass is 32.2. The van der Waals surface area contributed by atoms with Gasteiger partial charge in [0.25, 0.3) is 0 Å². The molecule has 0 fully saturated rings. The first-order valence-electron chi connectivity index (χ1n) is 7.61.